The molecule has 0 fully saturated rings. The summed E-state index contributed by atoms with van der Waals surface area (Å²) in [5.74, 6) is 0. The first-order valence-electron chi connectivity index (χ1n) is 5.30. The van der Waals surface area contributed by atoms with E-state index in [1.54, 1.807) is 0 Å². The van der Waals surface area contributed by atoms with Gasteiger partial charge in [0.2, 0.25) is 0 Å². The summed E-state index contributed by atoms with van der Waals surface area (Å²) in [5, 5.41) is 11.3. The molecular formula is C13H8F3N3. The topological polar surface area (TPSA) is 48.7 Å². The van der Waals surface area contributed by atoms with E-state index in [1.165, 1.54) is 36.5 Å². The number of hydrogen-bond acceptors (Lipinski definition) is 3. The Bertz CT molecular complexity index is 630. The predicted molar refractivity (Wildman–Crippen MR) is 63.7 cm³/mol. The third-order valence-electron chi connectivity index (χ3n) is 2.39. The lowest BCUT2D eigenvalue weighted by atomic mass is 10.1. The van der Waals surface area contributed by atoms with Crippen LogP contribution in [0.5, 0.6) is 0 Å². The Balaban J connectivity index is 2.36. The van der Waals surface area contributed by atoms with Crippen molar-refractivity contribution in [3.05, 3.63) is 53.9 Å². The van der Waals surface area contributed by atoms with Crippen molar-refractivity contribution < 1.29 is 13.2 Å². The molecule has 0 atom stereocenters. The minimum atomic E-state index is -4.44. The van der Waals surface area contributed by atoms with E-state index in [2.05, 4.69) is 10.3 Å². The second-order valence-electron chi connectivity index (χ2n) is 3.71. The van der Waals surface area contributed by atoms with Crippen LogP contribution in [0.25, 0.3) is 0 Å². The van der Waals surface area contributed by atoms with Gasteiger partial charge in [-0.1, -0.05) is 12.1 Å². The predicted octanol–water partition coefficient (Wildman–Crippen LogP) is 3.72. The normalized spacial score (nSPS) is 10.8. The van der Waals surface area contributed by atoms with Gasteiger partial charge in [0.15, 0.2) is 0 Å². The SMILES string of the molecule is N#Cc1cc(Nc2ccccc2C(F)(F)F)ccn1. The van der Waals surface area contributed by atoms with Gasteiger partial charge in [0.1, 0.15) is 11.8 Å². The number of pyridine rings is 1. The number of halogens is 3. The van der Waals surface area contributed by atoms with Crippen molar-refractivity contribution in [2.24, 2.45) is 0 Å². The molecule has 2 aromatic rings. The molecule has 1 aromatic heterocycles. The van der Waals surface area contributed by atoms with Gasteiger partial charge < -0.3 is 5.32 Å². The molecule has 6 heteroatoms. The number of aromatic nitrogens is 1. The summed E-state index contributed by atoms with van der Waals surface area (Å²) < 4.78 is 38.4. The lowest BCUT2D eigenvalue weighted by molar-refractivity contribution is -0.136. The van der Waals surface area contributed by atoms with Crippen LogP contribution in [0.15, 0.2) is 42.6 Å². The molecule has 0 spiro atoms. The number of rotatable bonds is 2. The number of benzene rings is 1. The first kappa shape index (κ1) is 12.9. The van der Waals surface area contributed by atoms with Gasteiger partial charge in [-0.3, -0.25) is 0 Å². The molecule has 3 nitrogen and oxygen atoms in total. The molecule has 2 rings (SSSR count). The highest BCUT2D eigenvalue weighted by Gasteiger charge is 2.33. The number of anilines is 2. The highest BCUT2D eigenvalue weighted by Crippen LogP contribution is 2.35. The smallest absolute Gasteiger partial charge is 0.355 e. The standard InChI is InChI=1S/C13H8F3N3/c14-13(15,16)11-3-1-2-4-12(11)19-9-5-6-18-10(7-9)8-17/h1-7H,(H,18,19). The van der Waals surface area contributed by atoms with E-state index < -0.39 is 11.7 Å². The summed E-state index contributed by atoms with van der Waals surface area (Å²) >= 11 is 0. The van der Waals surface area contributed by atoms with Crippen LogP contribution in [0.4, 0.5) is 24.5 Å². The molecule has 1 aromatic carbocycles. The molecule has 19 heavy (non-hydrogen) atoms. The Labute approximate surface area is 107 Å². The zero-order valence-corrected chi connectivity index (χ0v) is 9.57. The second kappa shape index (κ2) is 4.98. The van der Waals surface area contributed by atoms with E-state index in [4.69, 9.17) is 5.26 Å². The molecular weight excluding hydrogens is 255 g/mol. The Kier molecular flexibility index (Phi) is 3.38. The summed E-state index contributed by atoms with van der Waals surface area (Å²) in [6.07, 6.45) is -3.08. The molecule has 0 saturated heterocycles. The van der Waals surface area contributed by atoms with Crippen LogP contribution in [0.1, 0.15) is 11.3 Å². The Morgan fingerprint density at radius 1 is 1.16 bits per heavy atom. The molecule has 0 amide bonds. The first-order valence-corrected chi connectivity index (χ1v) is 5.30. The van der Waals surface area contributed by atoms with Crippen molar-refractivity contribution in [2.75, 3.05) is 5.32 Å². The molecule has 0 radical (unpaired) electrons. The molecule has 96 valence electrons. The van der Waals surface area contributed by atoms with Crippen LogP contribution < -0.4 is 5.32 Å². The average Bonchev–Trinajstić information content (AvgIpc) is 2.38. The van der Waals surface area contributed by atoms with Crippen LogP contribution in [-0.4, -0.2) is 4.98 Å². The lowest BCUT2D eigenvalue weighted by Gasteiger charge is -2.14. The average molecular weight is 263 g/mol. The zero-order chi connectivity index (χ0) is 13.9. The van der Waals surface area contributed by atoms with Crippen molar-refractivity contribution >= 4 is 11.4 Å². The number of nitriles is 1. The zero-order valence-electron chi connectivity index (χ0n) is 9.57. The molecule has 1 heterocycles. The monoisotopic (exact) mass is 263 g/mol. The molecule has 1 N–H and O–H groups in total. The number of nitrogens with zero attached hydrogens (tertiary/aromatic N) is 2. The third-order valence-corrected chi connectivity index (χ3v) is 2.39. The summed E-state index contributed by atoms with van der Waals surface area (Å²) in [4.78, 5) is 3.75. The molecule has 0 unspecified atom stereocenters. The van der Waals surface area contributed by atoms with E-state index in [-0.39, 0.29) is 11.4 Å². The maximum atomic E-state index is 12.8. The van der Waals surface area contributed by atoms with Crippen LogP contribution in [-0.2, 0) is 6.18 Å². The van der Waals surface area contributed by atoms with Crippen LogP contribution >= 0.6 is 0 Å². The van der Waals surface area contributed by atoms with Gasteiger partial charge in [-0.15, -0.1) is 0 Å². The third kappa shape index (κ3) is 3.01. The van der Waals surface area contributed by atoms with E-state index >= 15 is 0 Å². The summed E-state index contributed by atoms with van der Waals surface area (Å²) in [6.45, 7) is 0. The summed E-state index contributed by atoms with van der Waals surface area (Å²) in [5.41, 5.74) is -0.312. The number of para-hydroxylation sites is 1. The van der Waals surface area contributed by atoms with Crippen LogP contribution in [0.3, 0.4) is 0 Å². The quantitative estimate of drug-likeness (QED) is 0.898. The number of nitrogens with one attached hydrogen (secondary N) is 1. The van der Waals surface area contributed by atoms with E-state index in [9.17, 15) is 13.2 Å². The van der Waals surface area contributed by atoms with Crippen molar-refractivity contribution in [3.63, 3.8) is 0 Å². The van der Waals surface area contributed by atoms with Gasteiger partial charge in [0, 0.05) is 11.9 Å². The van der Waals surface area contributed by atoms with Crippen molar-refractivity contribution in [2.45, 2.75) is 6.18 Å². The highest BCUT2D eigenvalue weighted by atomic mass is 19.4. The lowest BCUT2D eigenvalue weighted by Crippen LogP contribution is -2.08. The maximum Gasteiger partial charge on any atom is 0.418 e. The second-order valence-corrected chi connectivity index (χ2v) is 3.71. The van der Waals surface area contributed by atoms with Crippen LogP contribution in [0, 0.1) is 11.3 Å². The maximum absolute atomic E-state index is 12.8. The van der Waals surface area contributed by atoms with Crippen molar-refractivity contribution in [1.29, 1.82) is 5.26 Å². The van der Waals surface area contributed by atoms with Gasteiger partial charge in [0.25, 0.3) is 0 Å². The number of hydrogen-bond donors (Lipinski definition) is 1. The van der Waals surface area contributed by atoms with Crippen LogP contribution in [0.2, 0.25) is 0 Å². The highest BCUT2D eigenvalue weighted by molar-refractivity contribution is 5.64. The molecule has 0 aliphatic rings. The minimum absolute atomic E-state index is 0.0647. The Hall–Kier alpha value is -2.55. The van der Waals surface area contributed by atoms with Gasteiger partial charge in [-0.2, -0.15) is 18.4 Å². The molecule has 0 aliphatic heterocycles. The van der Waals surface area contributed by atoms with E-state index in [1.807, 2.05) is 6.07 Å². The fourth-order valence-electron chi connectivity index (χ4n) is 1.56. The van der Waals surface area contributed by atoms with E-state index in [0.717, 1.165) is 6.07 Å². The van der Waals surface area contributed by atoms with Gasteiger partial charge in [-0.25, -0.2) is 4.98 Å². The fraction of sp³-hybridized carbons (Fsp3) is 0.0769. The molecule has 0 aliphatic carbocycles. The fourth-order valence-corrected chi connectivity index (χ4v) is 1.56. The largest absolute Gasteiger partial charge is 0.418 e. The van der Waals surface area contributed by atoms with Gasteiger partial charge >= 0.3 is 6.18 Å². The number of alkyl halides is 3. The Morgan fingerprint density at radius 2 is 1.89 bits per heavy atom. The summed E-state index contributed by atoms with van der Waals surface area (Å²) in [7, 11) is 0. The van der Waals surface area contributed by atoms with Gasteiger partial charge in [-0.05, 0) is 24.3 Å². The minimum Gasteiger partial charge on any atom is -0.355 e. The first-order chi connectivity index (χ1) is 9.00. The van der Waals surface area contributed by atoms with Gasteiger partial charge in [0.05, 0.1) is 11.3 Å². The van der Waals surface area contributed by atoms with Crippen molar-refractivity contribution in [3.8, 4) is 6.07 Å². The van der Waals surface area contributed by atoms with Crippen molar-refractivity contribution in [1.82, 2.24) is 4.98 Å². The summed E-state index contributed by atoms with van der Waals surface area (Å²) in [6, 6.07) is 9.85. The Morgan fingerprint density at radius 3 is 2.58 bits per heavy atom. The molecule has 0 bridgehead atoms. The molecule has 0 saturated carbocycles. The van der Waals surface area contributed by atoms with E-state index in [0.29, 0.717) is 5.69 Å².